The van der Waals surface area contributed by atoms with E-state index in [1.54, 1.807) is 11.3 Å². The van der Waals surface area contributed by atoms with Gasteiger partial charge in [-0.2, -0.15) is 0 Å². The van der Waals surface area contributed by atoms with Crippen LogP contribution in [-0.4, -0.2) is 49.1 Å². The van der Waals surface area contributed by atoms with Crippen molar-refractivity contribution in [2.45, 2.75) is 27.2 Å². The second-order valence-corrected chi connectivity index (χ2v) is 7.10. The lowest BCUT2D eigenvalue weighted by Crippen LogP contribution is -2.41. The molecule has 1 heterocycles. The molecular formula is C19H28N4OS. The molecule has 1 aromatic heterocycles. The Morgan fingerprint density at radius 1 is 1.28 bits per heavy atom. The van der Waals surface area contributed by atoms with E-state index in [2.05, 4.69) is 36.0 Å². The number of para-hydroxylation sites is 1. The smallest absolute Gasteiger partial charge is 0.193 e. The first kappa shape index (κ1) is 19.2. The maximum atomic E-state index is 5.77. The first-order valence-corrected chi connectivity index (χ1v) is 9.52. The second-order valence-electron chi connectivity index (χ2n) is 5.81. The molecule has 5 nitrogen and oxygen atoms in total. The topological polar surface area (TPSA) is 49.8 Å². The summed E-state index contributed by atoms with van der Waals surface area (Å²) in [5, 5.41) is 4.47. The highest BCUT2D eigenvalue weighted by atomic mass is 32.1. The number of guanidine groups is 1. The van der Waals surface area contributed by atoms with Crippen LogP contribution < -0.4 is 10.1 Å². The maximum absolute atomic E-state index is 5.77. The van der Waals surface area contributed by atoms with Crippen LogP contribution in [0.25, 0.3) is 0 Å². The first-order valence-electron chi connectivity index (χ1n) is 8.70. The van der Waals surface area contributed by atoms with E-state index in [4.69, 9.17) is 9.73 Å². The zero-order valence-electron chi connectivity index (χ0n) is 15.6. The number of likely N-dealkylation sites (N-methyl/N-ethyl adjacent to an activating group) is 1. The van der Waals surface area contributed by atoms with E-state index in [0.29, 0.717) is 6.61 Å². The number of benzene rings is 1. The van der Waals surface area contributed by atoms with Gasteiger partial charge < -0.3 is 15.0 Å². The number of hydrogen-bond donors (Lipinski definition) is 1. The van der Waals surface area contributed by atoms with Gasteiger partial charge in [-0.1, -0.05) is 18.2 Å². The van der Waals surface area contributed by atoms with Crippen LogP contribution in [0.3, 0.4) is 0 Å². The average molecular weight is 361 g/mol. The molecule has 136 valence electrons. The van der Waals surface area contributed by atoms with Crippen molar-refractivity contribution in [3.8, 4) is 5.75 Å². The highest BCUT2D eigenvalue weighted by Gasteiger charge is 2.07. The van der Waals surface area contributed by atoms with Crippen molar-refractivity contribution in [3.05, 3.63) is 45.9 Å². The van der Waals surface area contributed by atoms with Crippen LogP contribution in [0.4, 0.5) is 0 Å². The van der Waals surface area contributed by atoms with Gasteiger partial charge in [0.25, 0.3) is 0 Å². The third-order valence-corrected chi connectivity index (χ3v) is 4.87. The molecule has 0 aliphatic carbocycles. The number of aryl methyl sites for hydroxylation is 2. The van der Waals surface area contributed by atoms with E-state index in [1.807, 2.05) is 37.4 Å². The van der Waals surface area contributed by atoms with Crippen LogP contribution in [-0.2, 0) is 6.42 Å². The summed E-state index contributed by atoms with van der Waals surface area (Å²) in [6.45, 7) is 9.21. The quantitative estimate of drug-likeness (QED) is 0.580. The zero-order chi connectivity index (χ0) is 18.1. The van der Waals surface area contributed by atoms with Gasteiger partial charge in [-0.15, -0.1) is 11.3 Å². The summed E-state index contributed by atoms with van der Waals surface area (Å²) in [6, 6.07) is 9.89. The van der Waals surface area contributed by atoms with E-state index < -0.39 is 0 Å². The van der Waals surface area contributed by atoms with Crippen molar-refractivity contribution in [2.24, 2.45) is 4.99 Å². The van der Waals surface area contributed by atoms with E-state index in [0.717, 1.165) is 48.5 Å². The molecule has 0 saturated carbocycles. The minimum atomic E-state index is 0.623. The van der Waals surface area contributed by atoms with Gasteiger partial charge in [-0.3, -0.25) is 4.99 Å². The normalized spacial score (nSPS) is 11.4. The SMILES string of the molecule is CCNC(=NCCc1sc(C)nc1C)N(C)CCOc1ccccc1. The molecule has 0 bridgehead atoms. The summed E-state index contributed by atoms with van der Waals surface area (Å²) in [7, 11) is 2.04. The van der Waals surface area contributed by atoms with E-state index in [-0.39, 0.29) is 0 Å². The monoisotopic (exact) mass is 360 g/mol. The predicted octanol–water partition coefficient (Wildman–Crippen LogP) is 3.28. The van der Waals surface area contributed by atoms with Crippen molar-refractivity contribution < 1.29 is 4.74 Å². The lowest BCUT2D eigenvalue weighted by atomic mass is 10.3. The Balaban J connectivity index is 1.83. The molecule has 0 saturated heterocycles. The summed E-state index contributed by atoms with van der Waals surface area (Å²) in [5.74, 6) is 1.81. The first-order chi connectivity index (χ1) is 12.1. The largest absolute Gasteiger partial charge is 0.492 e. The molecule has 0 radical (unpaired) electrons. The Hall–Kier alpha value is -2.08. The predicted molar refractivity (Wildman–Crippen MR) is 106 cm³/mol. The Bertz CT molecular complexity index is 669. The minimum Gasteiger partial charge on any atom is -0.492 e. The molecular weight excluding hydrogens is 332 g/mol. The van der Waals surface area contributed by atoms with Crippen LogP contribution in [0.2, 0.25) is 0 Å². The standard InChI is InChI=1S/C19H28N4OS/c1-5-20-19(21-12-11-18-15(2)22-16(3)25-18)23(4)13-14-24-17-9-7-6-8-10-17/h6-10H,5,11-14H2,1-4H3,(H,20,21). The van der Waals surface area contributed by atoms with Crippen LogP contribution in [0.1, 0.15) is 22.5 Å². The fourth-order valence-electron chi connectivity index (χ4n) is 2.46. The molecule has 0 unspecified atom stereocenters. The molecule has 6 heteroatoms. The lowest BCUT2D eigenvalue weighted by Gasteiger charge is -2.22. The van der Waals surface area contributed by atoms with E-state index in [1.165, 1.54) is 4.88 Å². The van der Waals surface area contributed by atoms with Crippen molar-refractivity contribution in [2.75, 3.05) is 33.3 Å². The third-order valence-electron chi connectivity index (χ3n) is 3.74. The fourth-order valence-corrected chi connectivity index (χ4v) is 3.39. The summed E-state index contributed by atoms with van der Waals surface area (Å²) in [5.41, 5.74) is 1.13. The average Bonchev–Trinajstić information content (AvgIpc) is 2.92. The number of aromatic nitrogens is 1. The number of aliphatic imine (C=N–C) groups is 1. The van der Waals surface area contributed by atoms with Crippen molar-refractivity contribution in [3.63, 3.8) is 0 Å². The second kappa shape index (κ2) is 10.0. The fraction of sp³-hybridized carbons (Fsp3) is 0.474. The number of hydrogen-bond acceptors (Lipinski definition) is 4. The van der Waals surface area contributed by atoms with Crippen molar-refractivity contribution in [1.82, 2.24) is 15.2 Å². The molecule has 1 aromatic carbocycles. The molecule has 0 amide bonds. The highest BCUT2D eigenvalue weighted by molar-refractivity contribution is 7.11. The molecule has 2 aromatic rings. The number of thiazole rings is 1. The van der Waals surface area contributed by atoms with Gasteiger partial charge in [0.05, 0.1) is 17.2 Å². The Kier molecular flexibility index (Phi) is 7.73. The van der Waals surface area contributed by atoms with Gasteiger partial charge in [0, 0.05) is 31.4 Å². The van der Waals surface area contributed by atoms with Crippen LogP contribution in [0.15, 0.2) is 35.3 Å². The number of ether oxygens (including phenoxy) is 1. The van der Waals surface area contributed by atoms with Crippen molar-refractivity contribution in [1.29, 1.82) is 0 Å². The van der Waals surface area contributed by atoms with Gasteiger partial charge in [0.15, 0.2) is 5.96 Å². The number of nitrogens with zero attached hydrogens (tertiary/aromatic N) is 3. The number of rotatable bonds is 8. The van der Waals surface area contributed by atoms with Gasteiger partial charge in [0.1, 0.15) is 12.4 Å². The molecule has 25 heavy (non-hydrogen) atoms. The number of nitrogens with one attached hydrogen (secondary N) is 1. The van der Waals surface area contributed by atoms with Crippen LogP contribution in [0.5, 0.6) is 5.75 Å². The van der Waals surface area contributed by atoms with Crippen molar-refractivity contribution >= 4 is 17.3 Å². The van der Waals surface area contributed by atoms with Gasteiger partial charge in [-0.05, 0) is 32.9 Å². The van der Waals surface area contributed by atoms with Gasteiger partial charge >= 0.3 is 0 Å². The molecule has 0 aliphatic heterocycles. The summed E-state index contributed by atoms with van der Waals surface area (Å²) < 4.78 is 5.77. The van der Waals surface area contributed by atoms with Gasteiger partial charge in [0.2, 0.25) is 0 Å². The van der Waals surface area contributed by atoms with E-state index in [9.17, 15) is 0 Å². The molecule has 1 N–H and O–H groups in total. The summed E-state index contributed by atoms with van der Waals surface area (Å²) in [6.07, 6.45) is 0.931. The molecule has 0 atom stereocenters. The minimum absolute atomic E-state index is 0.623. The Labute approximate surface area is 154 Å². The highest BCUT2D eigenvalue weighted by Crippen LogP contribution is 2.17. The third kappa shape index (κ3) is 6.38. The van der Waals surface area contributed by atoms with Gasteiger partial charge in [-0.25, -0.2) is 4.98 Å². The zero-order valence-corrected chi connectivity index (χ0v) is 16.4. The molecule has 0 spiro atoms. The lowest BCUT2D eigenvalue weighted by molar-refractivity contribution is 0.281. The summed E-state index contributed by atoms with van der Waals surface area (Å²) in [4.78, 5) is 12.7. The van der Waals surface area contributed by atoms with Crippen LogP contribution in [0, 0.1) is 13.8 Å². The summed E-state index contributed by atoms with van der Waals surface area (Å²) >= 11 is 1.76. The molecule has 2 rings (SSSR count). The molecule has 0 fully saturated rings. The molecule has 0 aliphatic rings. The van der Waals surface area contributed by atoms with Crippen LogP contribution >= 0.6 is 11.3 Å². The maximum Gasteiger partial charge on any atom is 0.193 e. The Morgan fingerprint density at radius 2 is 2.04 bits per heavy atom. The van der Waals surface area contributed by atoms with E-state index >= 15 is 0 Å². The Morgan fingerprint density at radius 3 is 2.68 bits per heavy atom.